The van der Waals surface area contributed by atoms with Crippen molar-refractivity contribution in [2.45, 2.75) is 38.5 Å². The minimum absolute atomic E-state index is 0.335. The number of fused-ring (bicyclic) bond motifs is 4. The molecule has 0 radical (unpaired) electrons. The van der Waals surface area contributed by atoms with Gasteiger partial charge in [0.1, 0.15) is 5.58 Å². The molecule has 0 spiro atoms. The average molecular weight is 368 g/mol. The molecule has 1 saturated carbocycles. The first-order chi connectivity index (χ1) is 12.9. The van der Waals surface area contributed by atoms with Crippen LogP contribution in [0.15, 0.2) is 28.9 Å². The average Bonchev–Trinajstić information content (AvgIpc) is 3.15. The van der Waals surface area contributed by atoms with Crippen molar-refractivity contribution in [2.24, 2.45) is 11.3 Å². The first-order valence-electron chi connectivity index (χ1n) is 9.26. The van der Waals surface area contributed by atoms with Crippen molar-refractivity contribution in [1.29, 1.82) is 0 Å². The van der Waals surface area contributed by atoms with Gasteiger partial charge in [0.05, 0.1) is 20.5 Å². The van der Waals surface area contributed by atoms with E-state index in [2.05, 4.69) is 19.9 Å². The van der Waals surface area contributed by atoms with Gasteiger partial charge in [0.2, 0.25) is 0 Å². The van der Waals surface area contributed by atoms with Gasteiger partial charge in [-0.3, -0.25) is 9.59 Å². The summed E-state index contributed by atoms with van der Waals surface area (Å²) in [6, 6.07) is 4.04. The highest BCUT2D eigenvalue weighted by atomic mass is 16.5. The van der Waals surface area contributed by atoms with Crippen LogP contribution in [0.5, 0.6) is 0 Å². The Balaban J connectivity index is 1.97. The minimum Gasteiger partial charge on any atom is -0.468 e. The summed E-state index contributed by atoms with van der Waals surface area (Å²) in [5.74, 6) is -1.37. The van der Waals surface area contributed by atoms with Crippen molar-refractivity contribution < 1.29 is 23.5 Å². The lowest BCUT2D eigenvalue weighted by Crippen LogP contribution is -2.56. The van der Waals surface area contributed by atoms with Crippen molar-refractivity contribution in [1.82, 2.24) is 0 Å². The predicted octanol–water partition coefficient (Wildman–Crippen LogP) is 4.16. The van der Waals surface area contributed by atoms with Crippen LogP contribution in [0, 0.1) is 18.3 Å². The van der Waals surface area contributed by atoms with E-state index in [1.807, 2.05) is 18.2 Å². The number of aryl methyl sites for hydroxylation is 1. The molecule has 1 aromatic heterocycles. The Hall–Kier alpha value is -2.56. The molecule has 0 bridgehead atoms. The Kier molecular flexibility index (Phi) is 3.95. The number of carbonyl (C=O) groups is 2. The van der Waals surface area contributed by atoms with Gasteiger partial charge in [0, 0.05) is 16.7 Å². The van der Waals surface area contributed by atoms with Crippen LogP contribution >= 0.6 is 0 Å². The zero-order chi connectivity index (χ0) is 19.4. The third-order valence-electron chi connectivity index (χ3n) is 6.72. The summed E-state index contributed by atoms with van der Waals surface area (Å²) in [4.78, 5) is 25.7. The molecular formula is C22H24O5. The maximum atomic E-state index is 12.9. The van der Waals surface area contributed by atoms with Gasteiger partial charge < -0.3 is 13.9 Å². The van der Waals surface area contributed by atoms with Crippen LogP contribution in [-0.4, -0.2) is 26.2 Å². The van der Waals surface area contributed by atoms with Crippen LogP contribution in [0.3, 0.4) is 0 Å². The molecular weight excluding hydrogens is 344 g/mol. The lowest BCUT2D eigenvalue weighted by molar-refractivity contribution is -0.178. The second kappa shape index (κ2) is 5.98. The number of benzene rings is 1. The highest BCUT2D eigenvalue weighted by Gasteiger charge is 2.62. The maximum Gasteiger partial charge on any atom is 0.323 e. The first kappa shape index (κ1) is 17.8. The Morgan fingerprint density at radius 1 is 1.19 bits per heavy atom. The molecule has 1 fully saturated rings. The van der Waals surface area contributed by atoms with Gasteiger partial charge >= 0.3 is 11.9 Å². The van der Waals surface area contributed by atoms with Crippen molar-refractivity contribution in [2.75, 3.05) is 14.2 Å². The van der Waals surface area contributed by atoms with E-state index in [9.17, 15) is 9.59 Å². The van der Waals surface area contributed by atoms with Gasteiger partial charge in [-0.2, -0.15) is 0 Å². The smallest absolute Gasteiger partial charge is 0.323 e. The molecule has 27 heavy (non-hydrogen) atoms. The van der Waals surface area contributed by atoms with Crippen LogP contribution in [0.2, 0.25) is 0 Å². The molecule has 0 aliphatic heterocycles. The Labute approximate surface area is 158 Å². The van der Waals surface area contributed by atoms with Crippen LogP contribution in [0.25, 0.3) is 17.0 Å². The number of rotatable bonds is 2. The molecule has 142 valence electrons. The normalized spacial score (nSPS) is 25.6. The quantitative estimate of drug-likeness (QED) is 0.588. The van der Waals surface area contributed by atoms with Gasteiger partial charge in [-0.1, -0.05) is 25.5 Å². The van der Waals surface area contributed by atoms with Crippen molar-refractivity contribution >= 4 is 29.0 Å². The molecule has 4 rings (SSSR count). The molecule has 0 N–H and O–H groups in total. The molecule has 0 unspecified atom stereocenters. The van der Waals surface area contributed by atoms with Crippen LogP contribution < -0.4 is 0 Å². The summed E-state index contributed by atoms with van der Waals surface area (Å²) in [7, 11) is 2.66. The maximum absolute atomic E-state index is 12.9. The highest BCUT2D eigenvalue weighted by Crippen LogP contribution is 2.57. The fourth-order valence-electron chi connectivity index (χ4n) is 5.35. The summed E-state index contributed by atoms with van der Waals surface area (Å²) in [5.41, 5.74) is 2.53. The Morgan fingerprint density at radius 2 is 1.89 bits per heavy atom. The number of hydrogen-bond donors (Lipinski definition) is 0. The molecule has 2 aliphatic carbocycles. The number of allylic oxidation sites excluding steroid dienone is 1. The third-order valence-corrected chi connectivity index (χ3v) is 6.72. The number of carbonyl (C=O) groups excluding carboxylic acids is 2. The largest absolute Gasteiger partial charge is 0.468 e. The molecule has 0 amide bonds. The highest BCUT2D eigenvalue weighted by molar-refractivity contribution is 6.01. The Bertz CT molecular complexity index is 950. The van der Waals surface area contributed by atoms with E-state index in [-0.39, 0.29) is 5.92 Å². The molecule has 2 atom stereocenters. The molecule has 1 heterocycles. The number of furan rings is 1. The minimum atomic E-state index is -1.32. The second-order valence-corrected chi connectivity index (χ2v) is 7.86. The van der Waals surface area contributed by atoms with Gasteiger partial charge in [-0.25, -0.2) is 0 Å². The fourth-order valence-corrected chi connectivity index (χ4v) is 5.35. The number of ether oxygens (including phenoxy) is 2. The van der Waals surface area contributed by atoms with Gasteiger partial charge in [-0.05, 0) is 48.6 Å². The number of methoxy groups -OCH3 is 2. The molecule has 1 aromatic carbocycles. The SMILES string of the molecule is COC(=O)C1(C(=O)OC)CCC[C@]2(C)c3cc4occc4c(C)c3C=C[C@@H]12. The van der Waals surface area contributed by atoms with E-state index in [1.165, 1.54) is 14.2 Å². The van der Waals surface area contributed by atoms with E-state index in [1.54, 1.807) is 6.26 Å². The van der Waals surface area contributed by atoms with E-state index >= 15 is 0 Å². The standard InChI is InChI=1S/C22H24O5/c1-13-14-6-7-18-21(2,16(14)12-17-15(13)8-11-27-17)9-5-10-22(18,19(23)25-3)20(24)26-4/h6-8,11-12,18H,5,9-10H2,1-4H3/t18-,21-/m1/s1. The summed E-state index contributed by atoms with van der Waals surface area (Å²) in [5, 5.41) is 1.09. The Morgan fingerprint density at radius 3 is 2.56 bits per heavy atom. The molecule has 2 aromatic rings. The third kappa shape index (κ3) is 2.17. The van der Waals surface area contributed by atoms with Crippen LogP contribution in [0.1, 0.15) is 42.9 Å². The first-order valence-corrected chi connectivity index (χ1v) is 9.26. The van der Waals surface area contributed by atoms with E-state index < -0.39 is 22.8 Å². The molecule has 0 saturated heterocycles. The number of hydrogen-bond acceptors (Lipinski definition) is 5. The predicted molar refractivity (Wildman–Crippen MR) is 101 cm³/mol. The van der Waals surface area contributed by atoms with E-state index in [0.29, 0.717) is 6.42 Å². The summed E-state index contributed by atoms with van der Waals surface area (Å²) < 4.78 is 15.8. The monoisotopic (exact) mass is 368 g/mol. The molecule has 5 heteroatoms. The second-order valence-electron chi connectivity index (χ2n) is 7.86. The molecule has 2 aliphatic rings. The van der Waals surface area contributed by atoms with E-state index in [0.717, 1.165) is 40.5 Å². The van der Waals surface area contributed by atoms with Gasteiger partial charge in [0.25, 0.3) is 0 Å². The summed E-state index contributed by atoms with van der Waals surface area (Å²) in [6.45, 7) is 4.22. The van der Waals surface area contributed by atoms with Crippen LogP contribution in [-0.2, 0) is 24.5 Å². The topological polar surface area (TPSA) is 65.7 Å². The van der Waals surface area contributed by atoms with Crippen LogP contribution in [0.4, 0.5) is 0 Å². The van der Waals surface area contributed by atoms with Gasteiger partial charge in [-0.15, -0.1) is 0 Å². The fraction of sp³-hybridized carbons (Fsp3) is 0.455. The molecule has 5 nitrogen and oxygen atoms in total. The van der Waals surface area contributed by atoms with Crippen molar-refractivity contribution in [3.63, 3.8) is 0 Å². The van der Waals surface area contributed by atoms with Crippen molar-refractivity contribution in [3.05, 3.63) is 41.2 Å². The zero-order valence-corrected chi connectivity index (χ0v) is 16.1. The lowest BCUT2D eigenvalue weighted by atomic mass is 9.50. The summed E-state index contributed by atoms with van der Waals surface area (Å²) in [6.07, 6.45) is 7.77. The number of esters is 2. The lowest BCUT2D eigenvalue weighted by Gasteiger charge is -2.51. The van der Waals surface area contributed by atoms with Crippen molar-refractivity contribution in [3.8, 4) is 0 Å². The van der Waals surface area contributed by atoms with Gasteiger partial charge in [0.15, 0.2) is 5.41 Å². The van der Waals surface area contributed by atoms with E-state index in [4.69, 9.17) is 13.9 Å². The zero-order valence-electron chi connectivity index (χ0n) is 16.1. The summed E-state index contributed by atoms with van der Waals surface area (Å²) >= 11 is 0.